The van der Waals surface area contributed by atoms with E-state index in [4.69, 9.17) is 11.6 Å². The van der Waals surface area contributed by atoms with Gasteiger partial charge < -0.3 is 5.32 Å². The molecule has 1 atom stereocenters. The Morgan fingerprint density at radius 1 is 1.33 bits per heavy atom. The number of benzene rings is 1. The van der Waals surface area contributed by atoms with E-state index in [2.05, 4.69) is 31.3 Å². The second kappa shape index (κ2) is 4.15. The third-order valence-corrected chi connectivity index (χ3v) is 3.48. The molecule has 0 saturated carbocycles. The fourth-order valence-electron chi connectivity index (χ4n) is 2.36. The van der Waals surface area contributed by atoms with Gasteiger partial charge in [-0.3, -0.25) is 0 Å². The lowest BCUT2D eigenvalue weighted by molar-refractivity contribution is 0.245. The van der Waals surface area contributed by atoms with Crippen molar-refractivity contribution < 1.29 is 0 Å². The molecule has 1 aromatic rings. The van der Waals surface area contributed by atoms with Crippen LogP contribution >= 0.6 is 11.6 Å². The highest BCUT2D eigenvalue weighted by atomic mass is 35.5. The molecule has 2 rings (SSSR count). The van der Waals surface area contributed by atoms with E-state index >= 15 is 0 Å². The van der Waals surface area contributed by atoms with Crippen LogP contribution in [0.3, 0.4) is 0 Å². The lowest BCUT2D eigenvalue weighted by Crippen LogP contribution is -2.45. The molecule has 1 heterocycles. The van der Waals surface area contributed by atoms with Gasteiger partial charge in [-0.2, -0.15) is 0 Å². The average molecular weight is 224 g/mol. The van der Waals surface area contributed by atoms with E-state index in [0.717, 1.165) is 5.02 Å². The van der Waals surface area contributed by atoms with Gasteiger partial charge in [0.15, 0.2) is 0 Å². The minimum atomic E-state index is 0.238. The zero-order valence-electron chi connectivity index (χ0n) is 9.39. The van der Waals surface area contributed by atoms with E-state index < -0.39 is 0 Å². The van der Waals surface area contributed by atoms with Gasteiger partial charge in [-0.15, -0.1) is 0 Å². The Morgan fingerprint density at radius 2 is 2.07 bits per heavy atom. The summed E-state index contributed by atoms with van der Waals surface area (Å²) in [5, 5.41) is 4.55. The smallest absolute Gasteiger partial charge is 0.0453 e. The van der Waals surface area contributed by atoms with Gasteiger partial charge >= 0.3 is 0 Å². The van der Waals surface area contributed by atoms with Crippen molar-refractivity contribution in [3.63, 3.8) is 0 Å². The number of piperidine rings is 1. The van der Waals surface area contributed by atoms with Crippen LogP contribution in [0.25, 0.3) is 0 Å². The monoisotopic (exact) mass is 223 g/mol. The maximum Gasteiger partial charge on any atom is 0.0453 e. The summed E-state index contributed by atoms with van der Waals surface area (Å²) < 4.78 is 0. The highest BCUT2D eigenvalue weighted by molar-refractivity contribution is 6.31. The first-order valence-corrected chi connectivity index (χ1v) is 5.98. The number of halogens is 1. The van der Waals surface area contributed by atoms with Crippen molar-refractivity contribution in [3.8, 4) is 0 Å². The van der Waals surface area contributed by atoms with Gasteiger partial charge in [-0.1, -0.05) is 29.8 Å². The number of hydrogen-bond donors (Lipinski definition) is 1. The van der Waals surface area contributed by atoms with Gasteiger partial charge in [-0.25, -0.2) is 0 Å². The molecule has 1 unspecified atom stereocenters. The van der Waals surface area contributed by atoms with Gasteiger partial charge in [0.2, 0.25) is 0 Å². The molecule has 0 spiro atoms. The average Bonchev–Trinajstić information content (AvgIpc) is 2.17. The van der Waals surface area contributed by atoms with Crippen molar-refractivity contribution in [2.45, 2.75) is 44.7 Å². The normalized spacial score (nSPS) is 25.1. The third kappa shape index (κ3) is 2.53. The SMILES string of the molecule is CC1(C)CCCC(c2ccccc2Cl)N1. The first-order valence-electron chi connectivity index (χ1n) is 5.61. The molecule has 2 heteroatoms. The second-order valence-electron chi connectivity index (χ2n) is 4.99. The summed E-state index contributed by atoms with van der Waals surface area (Å²) in [6, 6.07) is 8.56. The molecule has 82 valence electrons. The van der Waals surface area contributed by atoms with Crippen LogP contribution in [0, 0.1) is 0 Å². The predicted octanol–water partition coefficient (Wildman–Crippen LogP) is 3.93. The number of nitrogens with one attached hydrogen (secondary N) is 1. The van der Waals surface area contributed by atoms with Crippen molar-refractivity contribution >= 4 is 11.6 Å². The third-order valence-electron chi connectivity index (χ3n) is 3.14. The van der Waals surface area contributed by atoms with Gasteiger partial charge in [0, 0.05) is 16.6 Å². The maximum absolute atomic E-state index is 6.21. The lowest BCUT2D eigenvalue weighted by atomic mass is 9.86. The van der Waals surface area contributed by atoms with Crippen LogP contribution < -0.4 is 5.32 Å². The van der Waals surface area contributed by atoms with Crippen LogP contribution in [0.1, 0.15) is 44.7 Å². The highest BCUT2D eigenvalue weighted by Crippen LogP contribution is 2.33. The molecule has 0 bridgehead atoms. The second-order valence-corrected chi connectivity index (χ2v) is 5.40. The van der Waals surface area contributed by atoms with Crippen LogP contribution in [-0.4, -0.2) is 5.54 Å². The molecule has 1 aliphatic rings. The van der Waals surface area contributed by atoms with E-state index in [1.807, 2.05) is 12.1 Å². The minimum absolute atomic E-state index is 0.238. The number of hydrogen-bond acceptors (Lipinski definition) is 1. The molecule has 1 nitrogen and oxygen atoms in total. The van der Waals surface area contributed by atoms with Crippen molar-refractivity contribution in [2.75, 3.05) is 0 Å². The summed E-state index contributed by atoms with van der Waals surface area (Å²) in [4.78, 5) is 0. The summed E-state index contributed by atoms with van der Waals surface area (Å²) in [5.74, 6) is 0. The molecule has 0 amide bonds. The van der Waals surface area contributed by atoms with E-state index in [1.165, 1.54) is 24.8 Å². The van der Waals surface area contributed by atoms with Crippen LogP contribution in [0.5, 0.6) is 0 Å². The van der Waals surface area contributed by atoms with Crippen molar-refractivity contribution in [1.82, 2.24) is 5.32 Å². The molecular weight excluding hydrogens is 206 g/mol. The molecule has 1 aromatic carbocycles. The molecular formula is C13H18ClN. The maximum atomic E-state index is 6.21. The molecule has 1 saturated heterocycles. The summed E-state index contributed by atoms with van der Waals surface area (Å²) in [6.07, 6.45) is 3.71. The molecule has 15 heavy (non-hydrogen) atoms. The largest absolute Gasteiger partial charge is 0.305 e. The Labute approximate surface area is 96.8 Å². The molecule has 0 aliphatic carbocycles. The summed E-state index contributed by atoms with van der Waals surface area (Å²) >= 11 is 6.21. The van der Waals surface area contributed by atoms with Crippen molar-refractivity contribution in [2.24, 2.45) is 0 Å². The van der Waals surface area contributed by atoms with Crippen LogP contribution in [0.2, 0.25) is 5.02 Å². The van der Waals surface area contributed by atoms with Gasteiger partial charge in [-0.05, 0) is 44.7 Å². The highest BCUT2D eigenvalue weighted by Gasteiger charge is 2.28. The number of rotatable bonds is 1. The minimum Gasteiger partial charge on any atom is -0.305 e. The van der Waals surface area contributed by atoms with E-state index in [-0.39, 0.29) is 5.54 Å². The van der Waals surface area contributed by atoms with Crippen LogP contribution in [0.4, 0.5) is 0 Å². The van der Waals surface area contributed by atoms with E-state index in [9.17, 15) is 0 Å². The Bertz CT molecular complexity index is 346. The molecule has 1 aliphatic heterocycles. The van der Waals surface area contributed by atoms with Gasteiger partial charge in [0.05, 0.1) is 0 Å². The fraction of sp³-hybridized carbons (Fsp3) is 0.538. The standard InChI is InChI=1S/C13H18ClN/c1-13(2)9-5-8-12(15-13)10-6-3-4-7-11(10)14/h3-4,6-7,12,15H,5,8-9H2,1-2H3. The van der Waals surface area contributed by atoms with E-state index in [1.54, 1.807) is 0 Å². The topological polar surface area (TPSA) is 12.0 Å². The Balaban J connectivity index is 2.21. The van der Waals surface area contributed by atoms with Gasteiger partial charge in [0.25, 0.3) is 0 Å². The van der Waals surface area contributed by atoms with Gasteiger partial charge in [0.1, 0.15) is 0 Å². The zero-order valence-corrected chi connectivity index (χ0v) is 10.1. The van der Waals surface area contributed by atoms with Crippen LogP contribution in [0.15, 0.2) is 24.3 Å². The van der Waals surface area contributed by atoms with Crippen molar-refractivity contribution in [3.05, 3.63) is 34.9 Å². The lowest BCUT2D eigenvalue weighted by Gasteiger charge is -2.37. The van der Waals surface area contributed by atoms with Crippen molar-refractivity contribution in [1.29, 1.82) is 0 Å². The fourth-order valence-corrected chi connectivity index (χ4v) is 2.62. The predicted molar refractivity (Wildman–Crippen MR) is 65.3 cm³/mol. The zero-order chi connectivity index (χ0) is 10.9. The Hall–Kier alpha value is -0.530. The van der Waals surface area contributed by atoms with Crippen LogP contribution in [-0.2, 0) is 0 Å². The summed E-state index contributed by atoms with van der Waals surface area (Å²) in [5.41, 5.74) is 1.48. The molecule has 0 aromatic heterocycles. The molecule has 0 radical (unpaired) electrons. The molecule has 1 fully saturated rings. The first kappa shape index (κ1) is 11.0. The Kier molecular flexibility index (Phi) is 3.03. The molecule has 1 N–H and O–H groups in total. The quantitative estimate of drug-likeness (QED) is 0.761. The summed E-state index contributed by atoms with van der Waals surface area (Å²) in [7, 11) is 0. The first-order chi connectivity index (χ1) is 7.08. The summed E-state index contributed by atoms with van der Waals surface area (Å²) in [6.45, 7) is 4.52. The van der Waals surface area contributed by atoms with E-state index in [0.29, 0.717) is 6.04 Å². The Morgan fingerprint density at radius 3 is 2.73 bits per heavy atom.